The number of methoxy groups -OCH3 is 2. The van der Waals surface area contributed by atoms with Gasteiger partial charge in [-0.2, -0.15) is 0 Å². The molecule has 3 rings (SSSR count). The fourth-order valence-corrected chi connectivity index (χ4v) is 5.49. The van der Waals surface area contributed by atoms with Crippen molar-refractivity contribution in [3.05, 3.63) is 76.3 Å². The molecule has 1 aliphatic heterocycles. The summed E-state index contributed by atoms with van der Waals surface area (Å²) in [7, 11) is 2.90. The summed E-state index contributed by atoms with van der Waals surface area (Å²) in [4.78, 5) is 39.9. The number of carbonyl (C=O) groups excluding carboxylic acids is 3. The van der Waals surface area contributed by atoms with E-state index in [2.05, 4.69) is 0 Å². The highest BCUT2D eigenvalue weighted by Crippen LogP contribution is 2.35. The lowest BCUT2D eigenvalue weighted by Crippen LogP contribution is -2.43. The summed E-state index contributed by atoms with van der Waals surface area (Å²) < 4.78 is 15.5. The number of ketones is 1. The number of carbonyl (C=O) groups is 3. The Bertz CT molecular complexity index is 1120. The van der Waals surface area contributed by atoms with E-state index in [1.54, 1.807) is 56.5 Å². The van der Waals surface area contributed by atoms with Gasteiger partial charge in [0.1, 0.15) is 11.8 Å². The van der Waals surface area contributed by atoms with Crippen molar-refractivity contribution >= 4 is 41.1 Å². The molecule has 1 fully saturated rings. The number of thioether (sulfide) groups is 1. The highest BCUT2D eigenvalue weighted by Gasteiger charge is 2.35. The SMILES string of the molecule is CCOC(=O)/C=C1\CN(C(C(=O)OC)c2ccccc2Cl)CCC1SCC(=O)c1cccc(OC)c1. The van der Waals surface area contributed by atoms with Crippen molar-refractivity contribution < 1.29 is 28.6 Å². The average Bonchev–Trinajstić information content (AvgIpc) is 2.89. The van der Waals surface area contributed by atoms with Crippen LogP contribution in [0.5, 0.6) is 5.75 Å². The Hall–Kier alpha value is -2.81. The molecule has 2 atom stereocenters. The molecule has 0 radical (unpaired) electrons. The molecule has 1 heterocycles. The summed E-state index contributed by atoms with van der Waals surface area (Å²) in [5.41, 5.74) is 1.99. The number of hydrogen-bond donors (Lipinski definition) is 0. The van der Waals surface area contributed by atoms with Crippen LogP contribution >= 0.6 is 23.4 Å². The summed E-state index contributed by atoms with van der Waals surface area (Å²) in [5.74, 6) is -0.0525. The van der Waals surface area contributed by atoms with Gasteiger partial charge in [0.25, 0.3) is 0 Å². The smallest absolute Gasteiger partial charge is 0.330 e. The van der Waals surface area contributed by atoms with E-state index in [9.17, 15) is 14.4 Å². The molecule has 0 aliphatic carbocycles. The van der Waals surface area contributed by atoms with Gasteiger partial charge in [-0.1, -0.05) is 41.9 Å². The third-order valence-electron chi connectivity index (χ3n) is 5.86. The standard InChI is InChI=1S/C27H30ClNO6S/c1-4-35-25(31)15-19-16-29(26(27(32)34-3)21-10-5-6-11-22(21)28)13-12-24(19)36-17-23(30)18-8-7-9-20(14-18)33-2/h5-11,14-15,24,26H,4,12-13,16-17H2,1-3H3/b19-15+. The van der Waals surface area contributed by atoms with Crippen LogP contribution in [-0.2, 0) is 19.1 Å². The third kappa shape index (κ3) is 7.12. The molecule has 2 unspecified atom stereocenters. The third-order valence-corrected chi connectivity index (χ3v) is 7.58. The Morgan fingerprint density at radius 1 is 1.17 bits per heavy atom. The maximum atomic E-state index is 12.8. The van der Waals surface area contributed by atoms with Crippen LogP contribution in [0.15, 0.2) is 60.2 Å². The summed E-state index contributed by atoms with van der Waals surface area (Å²) >= 11 is 7.89. The fraction of sp³-hybridized carbons (Fsp3) is 0.370. The minimum absolute atomic E-state index is 0.0275. The normalized spacial score (nSPS) is 17.9. The molecule has 2 aromatic carbocycles. The number of nitrogens with zero attached hydrogens (tertiary/aromatic N) is 1. The second-order valence-electron chi connectivity index (χ2n) is 8.13. The minimum Gasteiger partial charge on any atom is -0.497 e. The van der Waals surface area contributed by atoms with Crippen molar-refractivity contribution in [2.24, 2.45) is 0 Å². The molecule has 9 heteroatoms. The monoisotopic (exact) mass is 531 g/mol. The topological polar surface area (TPSA) is 82.1 Å². The summed E-state index contributed by atoms with van der Waals surface area (Å²) in [6.07, 6.45) is 2.10. The molecule has 0 N–H and O–H groups in total. The molecule has 1 saturated heterocycles. The van der Waals surface area contributed by atoms with Crippen LogP contribution in [0.3, 0.4) is 0 Å². The van der Waals surface area contributed by atoms with Crippen molar-refractivity contribution in [1.29, 1.82) is 0 Å². The lowest BCUT2D eigenvalue weighted by molar-refractivity contribution is -0.147. The van der Waals surface area contributed by atoms with Crippen LogP contribution in [0.25, 0.3) is 0 Å². The lowest BCUT2D eigenvalue weighted by atomic mass is 9.98. The average molecular weight is 532 g/mol. The first-order valence-corrected chi connectivity index (χ1v) is 13.0. The Labute approximate surface area is 220 Å². The molecule has 0 spiro atoms. The zero-order valence-corrected chi connectivity index (χ0v) is 22.1. The van der Waals surface area contributed by atoms with Gasteiger partial charge in [0.2, 0.25) is 0 Å². The van der Waals surface area contributed by atoms with Gasteiger partial charge in [-0.05, 0) is 42.7 Å². The highest BCUT2D eigenvalue weighted by molar-refractivity contribution is 8.00. The van der Waals surface area contributed by atoms with E-state index in [1.807, 2.05) is 11.0 Å². The van der Waals surface area contributed by atoms with Gasteiger partial charge in [0.15, 0.2) is 5.78 Å². The maximum Gasteiger partial charge on any atom is 0.330 e. The molecule has 192 valence electrons. The number of benzene rings is 2. The quantitative estimate of drug-likeness (QED) is 0.247. The van der Waals surface area contributed by atoms with Crippen molar-refractivity contribution in [3.8, 4) is 5.75 Å². The molecular formula is C27H30ClNO6S. The summed E-state index contributed by atoms with van der Waals surface area (Å²) in [5, 5.41) is 0.369. The number of halogens is 1. The number of hydrogen-bond acceptors (Lipinski definition) is 8. The van der Waals surface area contributed by atoms with Gasteiger partial charge in [-0.25, -0.2) is 9.59 Å². The summed E-state index contributed by atoms with van der Waals surface area (Å²) in [6.45, 7) is 2.88. The van der Waals surface area contributed by atoms with Gasteiger partial charge in [-0.3, -0.25) is 9.69 Å². The van der Waals surface area contributed by atoms with Crippen molar-refractivity contribution in [1.82, 2.24) is 4.90 Å². The number of esters is 2. The molecule has 0 saturated carbocycles. The second kappa shape index (κ2) is 13.5. The van der Waals surface area contributed by atoms with Crippen LogP contribution in [0.1, 0.15) is 35.3 Å². The molecule has 0 amide bonds. The lowest BCUT2D eigenvalue weighted by Gasteiger charge is -2.38. The van der Waals surface area contributed by atoms with E-state index in [0.29, 0.717) is 41.4 Å². The Morgan fingerprint density at radius 2 is 1.94 bits per heavy atom. The molecule has 36 heavy (non-hydrogen) atoms. The first-order chi connectivity index (χ1) is 17.4. The number of piperidine rings is 1. The van der Waals surface area contributed by atoms with Gasteiger partial charge in [-0.15, -0.1) is 11.8 Å². The Morgan fingerprint density at radius 3 is 2.64 bits per heavy atom. The molecule has 0 aromatic heterocycles. The molecule has 2 aromatic rings. The van der Waals surface area contributed by atoms with Crippen LogP contribution < -0.4 is 4.74 Å². The van der Waals surface area contributed by atoms with E-state index in [4.69, 9.17) is 25.8 Å². The van der Waals surface area contributed by atoms with Gasteiger partial charge in [0, 0.05) is 35.0 Å². The first-order valence-electron chi connectivity index (χ1n) is 11.6. The van der Waals surface area contributed by atoms with E-state index in [0.717, 1.165) is 5.57 Å². The molecule has 7 nitrogen and oxygen atoms in total. The summed E-state index contributed by atoms with van der Waals surface area (Å²) in [6, 6.07) is 13.5. The van der Waals surface area contributed by atoms with E-state index < -0.39 is 18.0 Å². The second-order valence-corrected chi connectivity index (χ2v) is 9.73. The van der Waals surface area contributed by atoms with Gasteiger partial charge < -0.3 is 14.2 Å². The Balaban J connectivity index is 1.81. The predicted molar refractivity (Wildman–Crippen MR) is 141 cm³/mol. The first kappa shape index (κ1) is 27.8. The fourth-order valence-electron chi connectivity index (χ4n) is 4.11. The van der Waals surface area contributed by atoms with Crippen LogP contribution in [0.2, 0.25) is 5.02 Å². The number of ether oxygens (including phenoxy) is 3. The molecule has 0 bridgehead atoms. The van der Waals surface area contributed by atoms with Gasteiger partial charge in [0.05, 0.1) is 26.6 Å². The van der Waals surface area contributed by atoms with Gasteiger partial charge >= 0.3 is 11.9 Å². The maximum absolute atomic E-state index is 12.8. The van der Waals surface area contributed by atoms with Crippen molar-refractivity contribution in [3.63, 3.8) is 0 Å². The highest BCUT2D eigenvalue weighted by atomic mass is 35.5. The molecular weight excluding hydrogens is 502 g/mol. The Kier molecular flexibility index (Phi) is 10.4. The van der Waals surface area contributed by atoms with Crippen molar-refractivity contribution in [2.75, 3.05) is 39.7 Å². The zero-order chi connectivity index (χ0) is 26.1. The largest absolute Gasteiger partial charge is 0.497 e. The number of Topliss-reactive ketones (excluding diaryl/α,β-unsaturated/α-hetero) is 1. The van der Waals surface area contributed by atoms with E-state index in [1.165, 1.54) is 24.9 Å². The van der Waals surface area contributed by atoms with Crippen LogP contribution in [-0.4, -0.2) is 67.5 Å². The number of rotatable bonds is 10. The number of likely N-dealkylation sites (tertiary alicyclic amines) is 1. The van der Waals surface area contributed by atoms with Crippen molar-refractivity contribution in [2.45, 2.75) is 24.6 Å². The predicted octanol–water partition coefficient (Wildman–Crippen LogP) is 4.74. The van der Waals surface area contributed by atoms with Crippen LogP contribution in [0.4, 0.5) is 0 Å². The van der Waals surface area contributed by atoms with Crippen LogP contribution in [0, 0.1) is 0 Å². The molecule has 1 aliphatic rings. The minimum atomic E-state index is -0.723. The zero-order valence-electron chi connectivity index (χ0n) is 20.6. The van der Waals surface area contributed by atoms with E-state index >= 15 is 0 Å². The van der Waals surface area contributed by atoms with E-state index in [-0.39, 0.29) is 23.4 Å².